The van der Waals surface area contributed by atoms with Crippen LogP contribution in [0.4, 0.5) is 0 Å². The standard InChI is InChI=1S/C9H15NO/c1-4-6-8(10)9(11)7(3)5-2/h1,7-8H,5-6,10H2,2-3H3. The number of carbonyl (C=O) groups excluding carboxylic acids is 1. The number of rotatable bonds is 4. The lowest BCUT2D eigenvalue weighted by Gasteiger charge is -2.11. The SMILES string of the molecule is C#CCC(N)C(=O)C(C)CC. The van der Waals surface area contributed by atoms with Gasteiger partial charge < -0.3 is 5.73 Å². The number of Topliss-reactive ketones (excluding diaryl/α,β-unsaturated/α-hetero) is 1. The van der Waals surface area contributed by atoms with Gasteiger partial charge in [0.15, 0.2) is 5.78 Å². The smallest absolute Gasteiger partial charge is 0.153 e. The molecule has 2 N–H and O–H groups in total. The van der Waals surface area contributed by atoms with Gasteiger partial charge in [0.1, 0.15) is 0 Å². The average Bonchev–Trinajstić information content (AvgIpc) is 2.02. The van der Waals surface area contributed by atoms with Crippen LogP contribution in [0.15, 0.2) is 0 Å². The highest BCUT2D eigenvalue weighted by Gasteiger charge is 2.17. The first-order chi connectivity index (χ1) is 5.13. The fourth-order valence-corrected chi connectivity index (χ4v) is 0.794. The van der Waals surface area contributed by atoms with Crippen molar-refractivity contribution in [1.29, 1.82) is 0 Å². The molecule has 0 aliphatic heterocycles. The van der Waals surface area contributed by atoms with Gasteiger partial charge in [-0.3, -0.25) is 4.79 Å². The molecule has 0 radical (unpaired) electrons. The number of carbonyl (C=O) groups is 1. The molecule has 0 aromatic rings. The Morgan fingerprint density at radius 1 is 1.73 bits per heavy atom. The summed E-state index contributed by atoms with van der Waals surface area (Å²) in [6.45, 7) is 3.84. The maximum absolute atomic E-state index is 11.2. The van der Waals surface area contributed by atoms with Crippen LogP contribution in [0, 0.1) is 18.3 Å². The van der Waals surface area contributed by atoms with E-state index in [1.165, 1.54) is 0 Å². The number of ketones is 1. The van der Waals surface area contributed by atoms with Crippen molar-refractivity contribution in [3.63, 3.8) is 0 Å². The normalized spacial score (nSPS) is 15.1. The molecule has 2 nitrogen and oxygen atoms in total. The summed E-state index contributed by atoms with van der Waals surface area (Å²) in [4.78, 5) is 11.2. The van der Waals surface area contributed by atoms with E-state index in [1.807, 2.05) is 13.8 Å². The Balaban J connectivity index is 3.93. The second-order valence-electron chi connectivity index (χ2n) is 2.73. The van der Waals surface area contributed by atoms with Crippen LogP contribution < -0.4 is 5.73 Å². The van der Waals surface area contributed by atoms with Crippen LogP contribution in [0.3, 0.4) is 0 Å². The van der Waals surface area contributed by atoms with Crippen molar-refractivity contribution < 1.29 is 4.79 Å². The summed E-state index contributed by atoms with van der Waals surface area (Å²) in [5.74, 6) is 2.50. The van der Waals surface area contributed by atoms with Crippen molar-refractivity contribution in [2.24, 2.45) is 11.7 Å². The van der Waals surface area contributed by atoms with Crippen LogP contribution in [-0.4, -0.2) is 11.8 Å². The van der Waals surface area contributed by atoms with Crippen molar-refractivity contribution in [1.82, 2.24) is 0 Å². The number of terminal acetylenes is 1. The Morgan fingerprint density at radius 3 is 2.64 bits per heavy atom. The van der Waals surface area contributed by atoms with Crippen LogP contribution in [-0.2, 0) is 4.79 Å². The second kappa shape index (κ2) is 4.92. The molecule has 0 aliphatic rings. The lowest BCUT2D eigenvalue weighted by Crippen LogP contribution is -2.33. The Morgan fingerprint density at radius 2 is 2.27 bits per heavy atom. The first kappa shape index (κ1) is 10.2. The molecule has 0 saturated carbocycles. The molecule has 2 atom stereocenters. The van der Waals surface area contributed by atoms with Gasteiger partial charge in [-0.15, -0.1) is 12.3 Å². The molecular formula is C9H15NO. The van der Waals surface area contributed by atoms with Gasteiger partial charge in [0, 0.05) is 12.3 Å². The molecule has 0 spiro atoms. The fraction of sp³-hybridized carbons (Fsp3) is 0.667. The minimum absolute atomic E-state index is 0.0401. The molecule has 0 saturated heterocycles. The van der Waals surface area contributed by atoms with Gasteiger partial charge in [0.05, 0.1) is 6.04 Å². The molecule has 0 aromatic heterocycles. The maximum Gasteiger partial charge on any atom is 0.153 e. The Kier molecular flexibility index (Phi) is 4.56. The molecule has 11 heavy (non-hydrogen) atoms. The van der Waals surface area contributed by atoms with Crippen molar-refractivity contribution >= 4 is 5.78 Å². The number of hydrogen-bond acceptors (Lipinski definition) is 2. The summed E-state index contributed by atoms with van der Waals surface area (Å²) < 4.78 is 0. The van der Waals surface area contributed by atoms with Crippen molar-refractivity contribution in [2.45, 2.75) is 32.7 Å². The topological polar surface area (TPSA) is 43.1 Å². The average molecular weight is 153 g/mol. The Hall–Kier alpha value is -0.810. The summed E-state index contributed by atoms with van der Waals surface area (Å²) in [5.41, 5.74) is 5.51. The molecule has 0 aliphatic carbocycles. The molecule has 0 aromatic carbocycles. The molecule has 0 fully saturated rings. The molecule has 0 amide bonds. The summed E-state index contributed by atoms with van der Waals surface area (Å²) >= 11 is 0. The first-order valence-electron chi connectivity index (χ1n) is 3.86. The van der Waals surface area contributed by atoms with E-state index in [4.69, 9.17) is 12.2 Å². The minimum Gasteiger partial charge on any atom is -0.321 e. The first-order valence-corrected chi connectivity index (χ1v) is 3.86. The van der Waals surface area contributed by atoms with E-state index in [2.05, 4.69) is 5.92 Å². The van der Waals surface area contributed by atoms with E-state index in [-0.39, 0.29) is 11.7 Å². The summed E-state index contributed by atoms with van der Waals surface area (Å²) in [6, 6.07) is -0.463. The zero-order valence-electron chi connectivity index (χ0n) is 7.13. The predicted octanol–water partition coefficient (Wildman–Crippen LogP) is 0.952. The van der Waals surface area contributed by atoms with Gasteiger partial charge in [-0.2, -0.15) is 0 Å². The summed E-state index contributed by atoms with van der Waals surface area (Å²) in [7, 11) is 0. The van der Waals surface area contributed by atoms with Crippen LogP contribution >= 0.6 is 0 Å². The van der Waals surface area contributed by atoms with Gasteiger partial charge in [0.2, 0.25) is 0 Å². The van der Waals surface area contributed by atoms with Crippen LogP contribution in [0.25, 0.3) is 0 Å². The third kappa shape index (κ3) is 3.20. The van der Waals surface area contributed by atoms with E-state index >= 15 is 0 Å². The molecule has 0 bridgehead atoms. The van der Waals surface area contributed by atoms with E-state index in [0.29, 0.717) is 6.42 Å². The molecule has 0 rings (SSSR count). The second-order valence-corrected chi connectivity index (χ2v) is 2.73. The lowest BCUT2D eigenvalue weighted by molar-refractivity contribution is -0.123. The van der Waals surface area contributed by atoms with Gasteiger partial charge in [-0.05, 0) is 6.42 Å². The number of nitrogens with two attached hydrogens (primary N) is 1. The van der Waals surface area contributed by atoms with E-state index in [1.54, 1.807) is 0 Å². The zero-order valence-corrected chi connectivity index (χ0v) is 7.13. The monoisotopic (exact) mass is 153 g/mol. The van der Waals surface area contributed by atoms with Crippen LogP contribution in [0.2, 0.25) is 0 Å². The Labute approximate surface area is 68.2 Å². The lowest BCUT2D eigenvalue weighted by atomic mass is 9.96. The van der Waals surface area contributed by atoms with E-state index in [9.17, 15) is 4.79 Å². The summed E-state index contributed by atoms with van der Waals surface area (Å²) in [5, 5.41) is 0. The van der Waals surface area contributed by atoms with Crippen molar-refractivity contribution in [3.8, 4) is 12.3 Å². The van der Waals surface area contributed by atoms with Gasteiger partial charge >= 0.3 is 0 Å². The van der Waals surface area contributed by atoms with Gasteiger partial charge in [0.25, 0.3) is 0 Å². The number of hydrogen-bond donors (Lipinski definition) is 1. The molecule has 62 valence electrons. The van der Waals surface area contributed by atoms with Crippen LogP contribution in [0.5, 0.6) is 0 Å². The molecule has 0 heterocycles. The van der Waals surface area contributed by atoms with Crippen molar-refractivity contribution in [3.05, 3.63) is 0 Å². The zero-order chi connectivity index (χ0) is 8.85. The highest BCUT2D eigenvalue weighted by molar-refractivity contribution is 5.85. The largest absolute Gasteiger partial charge is 0.321 e. The van der Waals surface area contributed by atoms with Crippen molar-refractivity contribution in [2.75, 3.05) is 0 Å². The van der Waals surface area contributed by atoms with E-state index < -0.39 is 6.04 Å². The van der Waals surface area contributed by atoms with Gasteiger partial charge in [-0.1, -0.05) is 13.8 Å². The maximum atomic E-state index is 11.2. The van der Waals surface area contributed by atoms with Gasteiger partial charge in [-0.25, -0.2) is 0 Å². The fourth-order valence-electron chi connectivity index (χ4n) is 0.794. The predicted molar refractivity (Wildman–Crippen MR) is 45.9 cm³/mol. The van der Waals surface area contributed by atoms with E-state index in [0.717, 1.165) is 6.42 Å². The third-order valence-electron chi connectivity index (χ3n) is 1.80. The molecule has 2 heteroatoms. The highest BCUT2D eigenvalue weighted by Crippen LogP contribution is 2.05. The highest BCUT2D eigenvalue weighted by atomic mass is 16.1. The summed E-state index contributed by atoms with van der Waals surface area (Å²) in [6.07, 6.45) is 6.21. The Bertz CT molecular complexity index is 169. The molecular weight excluding hydrogens is 138 g/mol. The van der Waals surface area contributed by atoms with Crippen LogP contribution in [0.1, 0.15) is 26.7 Å². The quantitative estimate of drug-likeness (QED) is 0.611. The molecule has 2 unspecified atom stereocenters. The third-order valence-corrected chi connectivity index (χ3v) is 1.80. The minimum atomic E-state index is -0.463.